The molecule has 7 nitrogen and oxygen atoms in total. The van der Waals surface area contributed by atoms with Crippen LogP contribution in [0.2, 0.25) is 0 Å². The molecule has 1 atom stereocenters. The molecule has 0 radical (unpaired) electrons. The van der Waals surface area contributed by atoms with E-state index >= 15 is 0 Å². The van der Waals surface area contributed by atoms with E-state index in [4.69, 9.17) is 4.98 Å². The van der Waals surface area contributed by atoms with E-state index in [9.17, 15) is 0 Å². The Kier molecular flexibility index (Phi) is 4.97. The van der Waals surface area contributed by atoms with Gasteiger partial charge in [-0.15, -0.1) is 10.2 Å². The van der Waals surface area contributed by atoms with Gasteiger partial charge in [-0.1, -0.05) is 6.07 Å². The van der Waals surface area contributed by atoms with Crippen LogP contribution in [0.3, 0.4) is 0 Å². The van der Waals surface area contributed by atoms with Crippen molar-refractivity contribution in [2.45, 2.75) is 38.8 Å². The van der Waals surface area contributed by atoms with Crippen molar-refractivity contribution in [3.63, 3.8) is 0 Å². The summed E-state index contributed by atoms with van der Waals surface area (Å²) in [6, 6.07) is 6.31. The van der Waals surface area contributed by atoms with E-state index in [2.05, 4.69) is 81.4 Å². The van der Waals surface area contributed by atoms with Crippen LogP contribution in [0.4, 0.5) is 0 Å². The molecule has 4 rings (SSSR count). The molecule has 0 aliphatic carbocycles. The average Bonchev–Trinajstić information content (AvgIpc) is 3.16. The maximum atomic E-state index is 4.82. The largest absolute Gasteiger partial charge is 0.317 e. The molecule has 3 aromatic heterocycles. The summed E-state index contributed by atoms with van der Waals surface area (Å²) in [6.07, 6.45) is 4.45. The zero-order valence-corrected chi connectivity index (χ0v) is 16.8. The lowest BCUT2D eigenvalue weighted by molar-refractivity contribution is 0.193. The van der Waals surface area contributed by atoms with Crippen molar-refractivity contribution in [3.05, 3.63) is 47.6 Å². The first-order chi connectivity index (χ1) is 13.0. The van der Waals surface area contributed by atoms with Crippen LogP contribution in [0.5, 0.6) is 0 Å². The van der Waals surface area contributed by atoms with Gasteiger partial charge in [0.05, 0.1) is 17.8 Å². The summed E-state index contributed by atoms with van der Waals surface area (Å²) in [7, 11) is 6.22. The molecule has 144 valence electrons. The Bertz CT molecular complexity index is 924. The Morgan fingerprint density at radius 1 is 1.22 bits per heavy atom. The molecule has 7 heteroatoms. The molecule has 0 saturated carbocycles. The van der Waals surface area contributed by atoms with E-state index < -0.39 is 0 Å². The first kappa shape index (κ1) is 18.1. The summed E-state index contributed by atoms with van der Waals surface area (Å²) >= 11 is 0. The smallest absolute Gasteiger partial charge is 0.146 e. The van der Waals surface area contributed by atoms with E-state index in [0.29, 0.717) is 5.92 Å². The second kappa shape index (κ2) is 7.40. The third-order valence-electron chi connectivity index (χ3n) is 5.50. The topological polar surface area (TPSA) is 54.5 Å². The van der Waals surface area contributed by atoms with E-state index in [1.54, 1.807) is 0 Å². The zero-order valence-electron chi connectivity index (χ0n) is 16.8. The highest BCUT2D eigenvalue weighted by Crippen LogP contribution is 2.27. The molecule has 0 amide bonds. The normalized spacial score (nSPS) is 18.6. The minimum atomic E-state index is 0.433. The van der Waals surface area contributed by atoms with E-state index in [1.165, 1.54) is 24.1 Å². The van der Waals surface area contributed by atoms with Crippen molar-refractivity contribution in [1.29, 1.82) is 0 Å². The summed E-state index contributed by atoms with van der Waals surface area (Å²) in [6.45, 7) is 5.91. The number of piperidine rings is 1. The van der Waals surface area contributed by atoms with Gasteiger partial charge >= 0.3 is 0 Å². The van der Waals surface area contributed by atoms with Crippen molar-refractivity contribution in [3.8, 4) is 0 Å². The Hall–Kier alpha value is -2.25. The lowest BCUT2D eigenvalue weighted by atomic mass is 9.97. The first-order valence-corrected chi connectivity index (χ1v) is 9.70. The number of fused-ring (bicyclic) bond motifs is 1. The van der Waals surface area contributed by atoms with Gasteiger partial charge in [-0.25, -0.2) is 4.98 Å². The van der Waals surface area contributed by atoms with Crippen LogP contribution in [0.15, 0.2) is 24.4 Å². The lowest BCUT2D eigenvalue weighted by Crippen LogP contribution is -2.35. The fourth-order valence-corrected chi connectivity index (χ4v) is 4.16. The molecule has 1 aliphatic rings. The third-order valence-corrected chi connectivity index (χ3v) is 5.50. The number of likely N-dealkylation sites (tertiary alicyclic amines) is 1. The van der Waals surface area contributed by atoms with E-state index in [-0.39, 0.29) is 0 Å². The van der Waals surface area contributed by atoms with Gasteiger partial charge in [-0.3, -0.25) is 4.90 Å². The Morgan fingerprint density at radius 3 is 2.89 bits per heavy atom. The molecular weight excluding hydrogens is 338 g/mol. The van der Waals surface area contributed by atoms with Gasteiger partial charge in [0.1, 0.15) is 17.5 Å². The second-order valence-electron chi connectivity index (χ2n) is 7.91. The number of hydrogen-bond donors (Lipinski definition) is 0. The highest BCUT2D eigenvalue weighted by molar-refractivity contribution is 5.53. The minimum Gasteiger partial charge on any atom is -0.317 e. The number of pyridine rings is 1. The maximum absolute atomic E-state index is 4.82. The van der Waals surface area contributed by atoms with Crippen molar-refractivity contribution in [2.75, 3.05) is 27.2 Å². The van der Waals surface area contributed by atoms with Crippen molar-refractivity contribution >= 4 is 5.52 Å². The maximum Gasteiger partial charge on any atom is 0.146 e. The second-order valence-corrected chi connectivity index (χ2v) is 7.91. The van der Waals surface area contributed by atoms with E-state index in [1.807, 2.05) is 0 Å². The van der Waals surface area contributed by atoms with Crippen molar-refractivity contribution in [2.24, 2.45) is 7.05 Å². The molecular formula is C20H29N7. The fraction of sp³-hybridized carbons (Fsp3) is 0.550. The van der Waals surface area contributed by atoms with Gasteiger partial charge in [-0.2, -0.15) is 0 Å². The van der Waals surface area contributed by atoms with Gasteiger partial charge in [0.25, 0.3) is 0 Å². The quantitative estimate of drug-likeness (QED) is 0.692. The van der Waals surface area contributed by atoms with Crippen LogP contribution >= 0.6 is 0 Å². The van der Waals surface area contributed by atoms with Crippen LogP contribution in [0.25, 0.3) is 5.52 Å². The molecule has 0 unspecified atom stereocenters. The van der Waals surface area contributed by atoms with Gasteiger partial charge in [0.2, 0.25) is 0 Å². The molecule has 1 saturated heterocycles. The minimum absolute atomic E-state index is 0.433. The number of imidazole rings is 1. The molecule has 3 aromatic rings. The standard InChI is InChI=1S/C20H29N7/c1-15-21-17(18-9-5-6-11-27(15)18)13-26-10-7-8-16(12-26)20-23-22-19(25(20)4)14-24(2)3/h5-6,9,11,16H,7-8,10,12-14H2,1-4H3/t16-/m0/s1. The van der Waals surface area contributed by atoms with Gasteiger partial charge in [0.15, 0.2) is 0 Å². The predicted molar refractivity (Wildman–Crippen MR) is 106 cm³/mol. The highest BCUT2D eigenvalue weighted by atomic mass is 15.3. The zero-order chi connectivity index (χ0) is 19.0. The van der Waals surface area contributed by atoms with Crippen molar-refractivity contribution in [1.82, 2.24) is 33.9 Å². The number of nitrogens with zero attached hydrogens (tertiary/aromatic N) is 7. The summed E-state index contributed by atoms with van der Waals surface area (Å²) in [5.41, 5.74) is 2.38. The number of aryl methyl sites for hydroxylation is 1. The molecule has 4 heterocycles. The Balaban J connectivity index is 1.51. The monoisotopic (exact) mass is 367 g/mol. The van der Waals surface area contributed by atoms with E-state index in [0.717, 1.165) is 43.7 Å². The summed E-state index contributed by atoms with van der Waals surface area (Å²) in [5.74, 6) is 3.63. The van der Waals surface area contributed by atoms with Gasteiger partial charge < -0.3 is 13.9 Å². The fourth-order valence-electron chi connectivity index (χ4n) is 4.16. The number of hydrogen-bond acceptors (Lipinski definition) is 5. The molecule has 0 N–H and O–H groups in total. The average molecular weight is 368 g/mol. The number of rotatable bonds is 5. The number of aromatic nitrogens is 5. The first-order valence-electron chi connectivity index (χ1n) is 9.70. The van der Waals surface area contributed by atoms with Crippen LogP contribution in [-0.2, 0) is 20.1 Å². The van der Waals surface area contributed by atoms with Crippen LogP contribution in [0.1, 0.15) is 41.9 Å². The molecule has 1 fully saturated rings. The van der Waals surface area contributed by atoms with Crippen LogP contribution in [-0.4, -0.2) is 61.1 Å². The Labute approximate surface area is 160 Å². The summed E-state index contributed by atoms with van der Waals surface area (Å²) in [5, 5.41) is 8.95. The van der Waals surface area contributed by atoms with Gasteiger partial charge in [-0.05, 0) is 52.5 Å². The Morgan fingerprint density at radius 2 is 2.07 bits per heavy atom. The van der Waals surface area contributed by atoms with Crippen LogP contribution in [0, 0.1) is 6.92 Å². The molecule has 1 aliphatic heterocycles. The molecule has 0 aromatic carbocycles. The predicted octanol–water partition coefficient (Wildman–Crippen LogP) is 2.21. The molecule has 0 spiro atoms. The molecule has 27 heavy (non-hydrogen) atoms. The lowest BCUT2D eigenvalue weighted by Gasteiger charge is -2.31. The van der Waals surface area contributed by atoms with Crippen LogP contribution < -0.4 is 0 Å². The van der Waals surface area contributed by atoms with Crippen molar-refractivity contribution < 1.29 is 0 Å². The highest BCUT2D eigenvalue weighted by Gasteiger charge is 2.26. The SMILES string of the molecule is Cc1nc(CN2CCC[C@H](c3nnc(CN(C)C)n3C)C2)c2ccccn12. The molecule has 0 bridgehead atoms. The third kappa shape index (κ3) is 3.61. The summed E-state index contributed by atoms with van der Waals surface area (Å²) in [4.78, 5) is 9.47. The summed E-state index contributed by atoms with van der Waals surface area (Å²) < 4.78 is 4.36. The van der Waals surface area contributed by atoms with Gasteiger partial charge in [0, 0.05) is 32.3 Å².